The minimum absolute atomic E-state index is 0.171. The first-order valence-corrected chi connectivity index (χ1v) is 3.18. The van der Waals surface area contributed by atoms with Gasteiger partial charge < -0.3 is 5.11 Å². The molecule has 0 saturated carbocycles. The van der Waals surface area contributed by atoms with Gasteiger partial charge in [0.1, 0.15) is 0 Å². The maximum absolute atomic E-state index is 10.2. The predicted octanol–water partition coefficient (Wildman–Crippen LogP) is 1.25. The van der Waals surface area contributed by atoms with Crippen molar-refractivity contribution >= 4 is 5.97 Å². The molecule has 4 heteroatoms. The number of rotatable bonds is 4. The molecular formula is C6H11NO3. The smallest absolute Gasteiger partial charge is 0.332 e. The van der Waals surface area contributed by atoms with Crippen LogP contribution >= 0.6 is 0 Å². The average Bonchev–Trinajstić information content (AvgIpc) is 1.88. The van der Waals surface area contributed by atoms with Crippen LogP contribution in [0.5, 0.6) is 0 Å². The highest BCUT2D eigenvalue weighted by atomic mass is 16.4. The SMILES string of the molecule is CCC(C)C(N=O)C(=O)O. The number of nitrogens with zero attached hydrogens (tertiary/aromatic N) is 1. The Hall–Kier alpha value is -0.930. The Kier molecular flexibility index (Phi) is 3.61. The van der Waals surface area contributed by atoms with Gasteiger partial charge in [0.05, 0.1) is 0 Å². The third kappa shape index (κ3) is 2.13. The zero-order chi connectivity index (χ0) is 8.15. The van der Waals surface area contributed by atoms with E-state index in [9.17, 15) is 9.70 Å². The lowest BCUT2D eigenvalue weighted by Crippen LogP contribution is -2.24. The number of hydrogen-bond donors (Lipinski definition) is 1. The fourth-order valence-corrected chi connectivity index (χ4v) is 0.616. The molecule has 0 bridgehead atoms. The van der Waals surface area contributed by atoms with Crippen molar-refractivity contribution in [1.29, 1.82) is 0 Å². The largest absolute Gasteiger partial charge is 0.480 e. The first kappa shape index (κ1) is 9.07. The third-order valence-electron chi connectivity index (χ3n) is 1.55. The van der Waals surface area contributed by atoms with Crippen molar-refractivity contribution in [3.8, 4) is 0 Å². The number of aliphatic carboxylic acids is 1. The molecule has 0 heterocycles. The van der Waals surface area contributed by atoms with E-state index >= 15 is 0 Å². The van der Waals surface area contributed by atoms with E-state index in [1.165, 1.54) is 0 Å². The van der Waals surface area contributed by atoms with Crippen molar-refractivity contribution in [2.24, 2.45) is 11.1 Å². The molecule has 0 amide bonds. The van der Waals surface area contributed by atoms with E-state index in [2.05, 4.69) is 5.18 Å². The highest BCUT2D eigenvalue weighted by Crippen LogP contribution is 2.10. The summed E-state index contributed by atoms with van der Waals surface area (Å²) in [6.45, 7) is 3.52. The van der Waals surface area contributed by atoms with E-state index in [0.29, 0.717) is 6.42 Å². The fraction of sp³-hybridized carbons (Fsp3) is 0.833. The standard InChI is InChI=1S/C6H11NO3/c1-3-4(2)5(7-10)6(8)9/h4-5H,3H2,1-2H3,(H,8,9). The van der Waals surface area contributed by atoms with Gasteiger partial charge in [0.15, 0.2) is 6.04 Å². The van der Waals surface area contributed by atoms with Crippen LogP contribution < -0.4 is 0 Å². The van der Waals surface area contributed by atoms with Gasteiger partial charge in [0.25, 0.3) is 0 Å². The monoisotopic (exact) mass is 145 g/mol. The predicted molar refractivity (Wildman–Crippen MR) is 36.7 cm³/mol. The molecule has 0 aliphatic carbocycles. The summed E-state index contributed by atoms with van der Waals surface area (Å²) in [6, 6.07) is -1.08. The van der Waals surface area contributed by atoms with Crippen LogP contribution in [-0.4, -0.2) is 17.1 Å². The third-order valence-corrected chi connectivity index (χ3v) is 1.55. The second-order valence-corrected chi connectivity index (χ2v) is 2.27. The summed E-state index contributed by atoms with van der Waals surface area (Å²) in [5.74, 6) is -1.31. The van der Waals surface area contributed by atoms with E-state index in [-0.39, 0.29) is 5.92 Å². The van der Waals surface area contributed by atoms with Crippen LogP contribution in [-0.2, 0) is 4.79 Å². The topological polar surface area (TPSA) is 66.7 Å². The molecule has 10 heavy (non-hydrogen) atoms. The Morgan fingerprint density at radius 1 is 1.70 bits per heavy atom. The average molecular weight is 145 g/mol. The lowest BCUT2D eigenvalue weighted by molar-refractivity contribution is -0.139. The highest BCUT2D eigenvalue weighted by molar-refractivity contribution is 5.73. The minimum Gasteiger partial charge on any atom is -0.480 e. The molecule has 0 aliphatic rings. The van der Waals surface area contributed by atoms with E-state index < -0.39 is 12.0 Å². The number of hydrogen-bond acceptors (Lipinski definition) is 3. The zero-order valence-corrected chi connectivity index (χ0v) is 6.07. The summed E-state index contributed by atoms with van der Waals surface area (Å²) in [6.07, 6.45) is 0.655. The van der Waals surface area contributed by atoms with Gasteiger partial charge in [-0.1, -0.05) is 25.4 Å². The molecule has 1 N–H and O–H groups in total. The molecule has 2 atom stereocenters. The first-order valence-electron chi connectivity index (χ1n) is 3.18. The molecule has 0 aromatic carbocycles. The first-order chi connectivity index (χ1) is 4.63. The van der Waals surface area contributed by atoms with Crippen molar-refractivity contribution in [3.63, 3.8) is 0 Å². The van der Waals surface area contributed by atoms with E-state index in [0.717, 1.165) is 0 Å². The van der Waals surface area contributed by atoms with Crippen LogP contribution in [0.25, 0.3) is 0 Å². The molecule has 0 aliphatic heterocycles. The van der Waals surface area contributed by atoms with Gasteiger partial charge in [0.2, 0.25) is 0 Å². The van der Waals surface area contributed by atoms with Crippen LogP contribution in [0.3, 0.4) is 0 Å². The Morgan fingerprint density at radius 3 is 2.30 bits per heavy atom. The van der Waals surface area contributed by atoms with Gasteiger partial charge in [0, 0.05) is 0 Å². The fourth-order valence-electron chi connectivity index (χ4n) is 0.616. The Bertz CT molecular complexity index is 135. The molecule has 2 unspecified atom stereocenters. The number of carbonyl (C=O) groups is 1. The summed E-state index contributed by atoms with van der Waals surface area (Å²) < 4.78 is 0. The van der Waals surface area contributed by atoms with Crippen LogP contribution in [0.1, 0.15) is 20.3 Å². The van der Waals surface area contributed by atoms with Crippen molar-refractivity contribution in [1.82, 2.24) is 0 Å². The van der Waals surface area contributed by atoms with Crippen LogP contribution in [0.2, 0.25) is 0 Å². The van der Waals surface area contributed by atoms with E-state index in [1.807, 2.05) is 6.92 Å². The van der Waals surface area contributed by atoms with Crippen molar-refractivity contribution in [3.05, 3.63) is 4.91 Å². The van der Waals surface area contributed by atoms with Gasteiger partial charge >= 0.3 is 5.97 Å². The summed E-state index contributed by atoms with van der Waals surface area (Å²) in [5, 5.41) is 10.9. The van der Waals surface area contributed by atoms with Gasteiger partial charge in [-0.25, -0.2) is 4.79 Å². The lowest BCUT2D eigenvalue weighted by atomic mass is 10.0. The normalized spacial score (nSPS) is 15.8. The molecule has 4 nitrogen and oxygen atoms in total. The van der Waals surface area contributed by atoms with Gasteiger partial charge in [-0.2, -0.15) is 0 Å². The van der Waals surface area contributed by atoms with Crippen LogP contribution in [0.4, 0.5) is 0 Å². The highest BCUT2D eigenvalue weighted by Gasteiger charge is 2.23. The maximum atomic E-state index is 10.2. The van der Waals surface area contributed by atoms with Crippen molar-refractivity contribution in [2.45, 2.75) is 26.3 Å². The second-order valence-electron chi connectivity index (χ2n) is 2.27. The number of carboxylic acids is 1. The zero-order valence-electron chi connectivity index (χ0n) is 6.07. The second kappa shape index (κ2) is 3.98. The quantitative estimate of drug-likeness (QED) is 0.605. The van der Waals surface area contributed by atoms with E-state index in [1.54, 1.807) is 6.92 Å². The molecule has 0 fully saturated rings. The molecule has 0 aromatic heterocycles. The van der Waals surface area contributed by atoms with E-state index in [4.69, 9.17) is 5.11 Å². The van der Waals surface area contributed by atoms with Crippen LogP contribution in [0, 0.1) is 10.8 Å². The summed E-state index contributed by atoms with van der Waals surface area (Å²) in [5.41, 5.74) is 0. The molecule has 0 saturated heterocycles. The Balaban J connectivity index is 4.05. The number of carboxylic acid groups (broad SMARTS) is 1. The van der Waals surface area contributed by atoms with Gasteiger partial charge in [-0.05, 0) is 5.92 Å². The Labute approximate surface area is 59.2 Å². The van der Waals surface area contributed by atoms with Gasteiger partial charge in [-0.3, -0.25) is 0 Å². The number of nitroso groups, excluding NO2 is 1. The van der Waals surface area contributed by atoms with Crippen LogP contribution in [0.15, 0.2) is 5.18 Å². The summed E-state index contributed by atoms with van der Waals surface area (Å²) >= 11 is 0. The van der Waals surface area contributed by atoms with Gasteiger partial charge in [-0.15, -0.1) is 4.91 Å². The molecule has 0 spiro atoms. The molecule has 0 rings (SSSR count). The molecular weight excluding hydrogens is 134 g/mol. The summed E-state index contributed by atoms with van der Waals surface area (Å²) in [4.78, 5) is 20.2. The molecule has 0 aromatic rings. The minimum atomic E-state index is -1.13. The molecule has 58 valence electrons. The Morgan fingerprint density at radius 2 is 2.20 bits per heavy atom. The maximum Gasteiger partial charge on any atom is 0.332 e. The van der Waals surface area contributed by atoms with Crippen molar-refractivity contribution in [2.75, 3.05) is 0 Å². The lowest BCUT2D eigenvalue weighted by Gasteiger charge is -2.09. The molecule has 0 radical (unpaired) electrons. The summed E-state index contributed by atoms with van der Waals surface area (Å²) in [7, 11) is 0. The van der Waals surface area contributed by atoms with Crippen molar-refractivity contribution < 1.29 is 9.90 Å².